The fourth-order valence-corrected chi connectivity index (χ4v) is 1.20. The van der Waals surface area contributed by atoms with Gasteiger partial charge in [0, 0.05) is 24.7 Å². The maximum absolute atomic E-state index is 5.34. The topological polar surface area (TPSA) is 66.0 Å². The van der Waals surface area contributed by atoms with Gasteiger partial charge in [0.05, 0.1) is 6.20 Å². The van der Waals surface area contributed by atoms with Crippen LogP contribution in [0, 0.1) is 0 Å². The van der Waals surface area contributed by atoms with Gasteiger partial charge in [-0.1, -0.05) is 19.0 Å². The quantitative estimate of drug-likeness (QED) is 0.784. The first-order chi connectivity index (χ1) is 7.65. The monoisotopic (exact) mass is 222 g/mol. The van der Waals surface area contributed by atoms with Crippen LogP contribution in [0.4, 0.5) is 0 Å². The lowest BCUT2D eigenvalue weighted by Gasteiger charge is -1.96. The Morgan fingerprint density at radius 1 is 1.50 bits per heavy atom. The Morgan fingerprint density at radius 2 is 2.31 bits per heavy atom. The third-order valence-corrected chi connectivity index (χ3v) is 2.06. The van der Waals surface area contributed by atoms with Gasteiger partial charge in [0.25, 0.3) is 0 Å². The molecule has 0 aliphatic heterocycles. The summed E-state index contributed by atoms with van der Waals surface area (Å²) in [5.41, 5.74) is 0.965. The van der Waals surface area contributed by atoms with Gasteiger partial charge >= 0.3 is 6.08 Å². The molecule has 0 saturated carbocycles. The number of aromatic nitrogens is 4. The van der Waals surface area contributed by atoms with E-state index in [9.17, 15) is 0 Å². The molecule has 0 bridgehead atoms. The fourth-order valence-electron chi connectivity index (χ4n) is 1.20. The maximum Gasteiger partial charge on any atom is 0.417 e. The van der Waals surface area contributed by atoms with E-state index in [2.05, 4.69) is 15.2 Å². The minimum atomic E-state index is 0.201. The molecule has 2 aromatic rings. The second kappa shape index (κ2) is 4.34. The zero-order valence-electron chi connectivity index (χ0n) is 9.54. The highest BCUT2D eigenvalue weighted by molar-refractivity contribution is 5.03. The first-order valence-electron chi connectivity index (χ1n) is 5.09. The lowest BCUT2D eigenvalue weighted by molar-refractivity contribution is 0.195. The summed E-state index contributed by atoms with van der Waals surface area (Å²) in [6.07, 6.45) is 3.81. The summed E-state index contributed by atoms with van der Waals surface area (Å²) in [6, 6.07) is 0. The summed E-state index contributed by atoms with van der Waals surface area (Å²) in [6.45, 7) is 4.37. The molecule has 0 saturated heterocycles. The Morgan fingerprint density at radius 3 is 2.88 bits per heavy atom. The van der Waals surface area contributed by atoms with E-state index in [1.807, 2.05) is 27.1 Å². The molecule has 86 valence electrons. The van der Waals surface area contributed by atoms with Gasteiger partial charge in [0.15, 0.2) is 5.82 Å². The van der Waals surface area contributed by atoms with Crippen molar-refractivity contribution in [1.29, 1.82) is 0 Å². The van der Waals surface area contributed by atoms with Crippen LogP contribution in [-0.2, 0) is 13.7 Å². The smallest absolute Gasteiger partial charge is 0.417 e. The maximum atomic E-state index is 5.34. The summed E-state index contributed by atoms with van der Waals surface area (Å²) >= 11 is 0. The minimum Gasteiger partial charge on any atom is -0.444 e. The van der Waals surface area contributed by atoms with Crippen LogP contribution in [0.25, 0.3) is 0 Å². The van der Waals surface area contributed by atoms with E-state index >= 15 is 0 Å². The van der Waals surface area contributed by atoms with Gasteiger partial charge in [0.1, 0.15) is 6.61 Å². The normalized spacial score (nSPS) is 11.0. The van der Waals surface area contributed by atoms with Gasteiger partial charge in [-0.2, -0.15) is 10.1 Å². The Labute approximate surface area is 93.2 Å². The molecule has 0 fully saturated rings. The summed E-state index contributed by atoms with van der Waals surface area (Å²) in [5.74, 6) is 0.890. The second-order valence-corrected chi connectivity index (χ2v) is 3.88. The van der Waals surface area contributed by atoms with Crippen molar-refractivity contribution in [2.45, 2.75) is 26.4 Å². The third kappa shape index (κ3) is 2.39. The molecule has 0 N–H and O–H groups in total. The van der Waals surface area contributed by atoms with E-state index in [1.165, 1.54) is 0 Å². The van der Waals surface area contributed by atoms with Crippen LogP contribution in [0.3, 0.4) is 0 Å². The molecule has 2 heterocycles. The van der Waals surface area contributed by atoms with Gasteiger partial charge < -0.3 is 4.74 Å². The number of rotatable bonds is 4. The van der Waals surface area contributed by atoms with Crippen molar-refractivity contribution in [2.24, 2.45) is 7.05 Å². The van der Waals surface area contributed by atoms with Crippen molar-refractivity contribution in [2.75, 3.05) is 0 Å². The highest BCUT2D eigenvalue weighted by atomic mass is 16.6. The predicted molar refractivity (Wildman–Crippen MR) is 55.9 cm³/mol. The molecule has 0 aromatic carbocycles. The molecule has 0 aliphatic carbocycles. The largest absolute Gasteiger partial charge is 0.444 e. The van der Waals surface area contributed by atoms with Crippen molar-refractivity contribution in [3.8, 4) is 6.08 Å². The van der Waals surface area contributed by atoms with Crippen molar-refractivity contribution < 1.29 is 9.26 Å². The number of ether oxygens (including phenoxy) is 1. The highest BCUT2D eigenvalue weighted by Gasteiger charge is 2.10. The molecular weight excluding hydrogens is 208 g/mol. The van der Waals surface area contributed by atoms with Crippen LogP contribution < -0.4 is 4.74 Å². The molecule has 0 aliphatic rings. The van der Waals surface area contributed by atoms with Gasteiger partial charge in [0.2, 0.25) is 0 Å². The minimum absolute atomic E-state index is 0.201. The van der Waals surface area contributed by atoms with E-state index in [0.29, 0.717) is 12.4 Å². The molecule has 0 radical (unpaired) electrons. The lowest BCUT2D eigenvalue weighted by atomic mass is 10.2. The summed E-state index contributed by atoms with van der Waals surface area (Å²) in [5, 5.41) is 7.83. The average Bonchev–Trinajstić information content (AvgIpc) is 2.83. The second-order valence-electron chi connectivity index (χ2n) is 3.88. The van der Waals surface area contributed by atoms with Crippen molar-refractivity contribution >= 4 is 0 Å². The molecule has 0 atom stereocenters. The zero-order valence-corrected chi connectivity index (χ0v) is 9.54. The SMILES string of the molecule is CC(C)c1noc(OCc2cnn(C)c2)n1. The van der Waals surface area contributed by atoms with Crippen LogP contribution in [-0.4, -0.2) is 19.9 Å². The van der Waals surface area contributed by atoms with Crippen LogP contribution in [0.2, 0.25) is 0 Å². The standard InChI is InChI=1S/C10H14N4O2/c1-7(2)9-12-10(16-13-9)15-6-8-4-11-14(3)5-8/h4-5,7H,6H2,1-3H3. The summed E-state index contributed by atoms with van der Waals surface area (Å²) in [4.78, 5) is 4.10. The predicted octanol–water partition coefficient (Wildman–Crippen LogP) is 1.51. The molecule has 16 heavy (non-hydrogen) atoms. The number of hydrogen-bond acceptors (Lipinski definition) is 5. The Hall–Kier alpha value is -1.85. The Kier molecular flexibility index (Phi) is 2.89. The van der Waals surface area contributed by atoms with E-state index in [0.717, 1.165) is 5.56 Å². The number of nitrogens with zero attached hydrogens (tertiary/aromatic N) is 4. The number of aryl methyl sites for hydroxylation is 1. The van der Waals surface area contributed by atoms with E-state index in [-0.39, 0.29) is 12.0 Å². The Bertz CT molecular complexity index is 461. The highest BCUT2D eigenvalue weighted by Crippen LogP contribution is 2.15. The van der Waals surface area contributed by atoms with Crippen LogP contribution in [0.1, 0.15) is 31.2 Å². The molecule has 6 heteroatoms. The lowest BCUT2D eigenvalue weighted by Crippen LogP contribution is -1.95. The fraction of sp³-hybridized carbons (Fsp3) is 0.500. The van der Waals surface area contributed by atoms with E-state index in [1.54, 1.807) is 10.9 Å². The van der Waals surface area contributed by atoms with Crippen LogP contribution in [0.15, 0.2) is 16.9 Å². The van der Waals surface area contributed by atoms with Crippen molar-refractivity contribution in [3.63, 3.8) is 0 Å². The van der Waals surface area contributed by atoms with Gasteiger partial charge in [-0.05, 0) is 0 Å². The Balaban J connectivity index is 1.94. The van der Waals surface area contributed by atoms with E-state index in [4.69, 9.17) is 9.26 Å². The molecular formula is C10H14N4O2. The first-order valence-corrected chi connectivity index (χ1v) is 5.09. The van der Waals surface area contributed by atoms with Crippen LogP contribution >= 0.6 is 0 Å². The molecule has 2 aromatic heterocycles. The summed E-state index contributed by atoms with van der Waals surface area (Å²) < 4.78 is 12.0. The van der Waals surface area contributed by atoms with Crippen molar-refractivity contribution in [1.82, 2.24) is 19.9 Å². The molecule has 0 amide bonds. The molecule has 0 spiro atoms. The van der Waals surface area contributed by atoms with Gasteiger partial charge in [-0.3, -0.25) is 9.20 Å². The van der Waals surface area contributed by atoms with Gasteiger partial charge in [-0.15, -0.1) is 0 Å². The van der Waals surface area contributed by atoms with Crippen LogP contribution in [0.5, 0.6) is 6.08 Å². The average molecular weight is 222 g/mol. The van der Waals surface area contributed by atoms with Crippen molar-refractivity contribution in [3.05, 3.63) is 23.8 Å². The summed E-state index contributed by atoms with van der Waals surface area (Å²) in [7, 11) is 1.85. The van der Waals surface area contributed by atoms with Gasteiger partial charge in [-0.25, -0.2) is 0 Å². The third-order valence-electron chi connectivity index (χ3n) is 2.06. The van der Waals surface area contributed by atoms with E-state index < -0.39 is 0 Å². The number of hydrogen-bond donors (Lipinski definition) is 0. The zero-order chi connectivity index (χ0) is 11.5. The molecule has 0 unspecified atom stereocenters. The molecule has 2 rings (SSSR count). The first kappa shape index (κ1) is 10.7. The molecule has 6 nitrogen and oxygen atoms in total.